The van der Waals surface area contributed by atoms with Crippen molar-refractivity contribution in [1.29, 1.82) is 0 Å². The van der Waals surface area contributed by atoms with Gasteiger partial charge in [0.05, 0.1) is 13.2 Å². The van der Waals surface area contributed by atoms with Gasteiger partial charge < -0.3 is 9.84 Å². The predicted octanol–water partition coefficient (Wildman–Crippen LogP) is 5.77. The van der Waals surface area contributed by atoms with Crippen LogP contribution >= 0.6 is 11.8 Å². The number of thioether (sulfide) groups is 1. The van der Waals surface area contributed by atoms with E-state index < -0.39 is 11.5 Å². The minimum absolute atomic E-state index is 0.0527. The van der Waals surface area contributed by atoms with Gasteiger partial charge in [0.15, 0.2) is 0 Å². The van der Waals surface area contributed by atoms with Crippen LogP contribution in [0.1, 0.15) is 76.1 Å². The number of carbonyl (C=O) groups is 1. The Hall–Kier alpha value is -2.02. The van der Waals surface area contributed by atoms with Gasteiger partial charge >= 0.3 is 5.97 Å². The van der Waals surface area contributed by atoms with E-state index in [9.17, 15) is 9.90 Å². The van der Waals surface area contributed by atoms with Gasteiger partial charge in [-0.2, -0.15) is 0 Å². The Labute approximate surface area is 202 Å². The van der Waals surface area contributed by atoms with E-state index in [0.29, 0.717) is 6.54 Å². The molecule has 3 N–H and O–H groups in total. The summed E-state index contributed by atoms with van der Waals surface area (Å²) in [6.45, 7) is 8.32. The van der Waals surface area contributed by atoms with E-state index in [4.69, 9.17) is 4.74 Å². The zero-order chi connectivity index (χ0) is 24.1. The molecule has 0 unspecified atom stereocenters. The van der Waals surface area contributed by atoms with Gasteiger partial charge in [-0.15, -0.1) is 11.8 Å². The first-order chi connectivity index (χ1) is 15.7. The van der Waals surface area contributed by atoms with Crippen LogP contribution in [0.3, 0.4) is 0 Å². The number of unbranched alkanes of at least 4 members (excludes halogenated alkanes) is 1. The fourth-order valence-electron chi connectivity index (χ4n) is 4.28. The second-order valence-electron chi connectivity index (χ2n) is 9.50. The largest absolute Gasteiger partial charge is 0.496 e. The summed E-state index contributed by atoms with van der Waals surface area (Å²) >= 11 is 1.90. The summed E-state index contributed by atoms with van der Waals surface area (Å²) in [5.41, 5.74) is 2.47. The molecule has 0 radical (unpaired) electrons. The molecule has 1 aliphatic heterocycles. The van der Waals surface area contributed by atoms with Crippen molar-refractivity contribution in [3.63, 3.8) is 0 Å². The van der Waals surface area contributed by atoms with Crippen LogP contribution in [0.2, 0.25) is 0 Å². The fourth-order valence-corrected chi connectivity index (χ4v) is 5.71. The number of ether oxygens (including phenoxy) is 1. The molecule has 2 aromatic carbocycles. The lowest BCUT2D eigenvalue weighted by atomic mass is 9.88. The van der Waals surface area contributed by atoms with Gasteiger partial charge in [0, 0.05) is 28.3 Å². The molecule has 0 saturated heterocycles. The molecule has 1 heterocycles. The van der Waals surface area contributed by atoms with Gasteiger partial charge in [-0.3, -0.25) is 15.4 Å². The lowest BCUT2D eigenvalue weighted by Gasteiger charge is -2.36. The van der Waals surface area contributed by atoms with Crippen molar-refractivity contribution in [2.24, 2.45) is 0 Å². The van der Waals surface area contributed by atoms with Crippen LogP contribution in [0, 0.1) is 0 Å². The summed E-state index contributed by atoms with van der Waals surface area (Å²) in [6, 6.07) is 15.0. The number of carboxylic acids is 1. The van der Waals surface area contributed by atoms with Crippen molar-refractivity contribution in [2.45, 2.75) is 81.9 Å². The van der Waals surface area contributed by atoms with Crippen molar-refractivity contribution >= 4 is 17.7 Å². The van der Waals surface area contributed by atoms with E-state index in [1.165, 1.54) is 28.9 Å². The first-order valence-corrected chi connectivity index (χ1v) is 12.9. The minimum Gasteiger partial charge on any atom is -0.496 e. The maximum Gasteiger partial charge on any atom is 0.323 e. The Balaban J connectivity index is 2.04. The molecular weight excluding hydrogens is 432 g/mol. The van der Waals surface area contributed by atoms with Gasteiger partial charge in [0.25, 0.3) is 0 Å². The number of hydrogen-bond acceptors (Lipinski definition) is 5. The van der Waals surface area contributed by atoms with Crippen molar-refractivity contribution in [3.05, 3.63) is 59.2 Å². The molecule has 0 fully saturated rings. The van der Waals surface area contributed by atoms with Gasteiger partial charge in [0.1, 0.15) is 11.3 Å². The van der Waals surface area contributed by atoms with E-state index in [1.807, 2.05) is 11.8 Å². The second-order valence-corrected chi connectivity index (χ2v) is 10.5. The molecule has 2 aromatic rings. The first kappa shape index (κ1) is 25.6. The van der Waals surface area contributed by atoms with Crippen LogP contribution in [0.4, 0.5) is 0 Å². The number of nitrogens with one attached hydrogen (secondary N) is 2. The number of benzene rings is 2. The maximum atomic E-state index is 11.6. The Bertz CT molecular complexity index is 948. The van der Waals surface area contributed by atoms with Crippen LogP contribution in [-0.2, 0) is 11.3 Å². The lowest BCUT2D eigenvalue weighted by Crippen LogP contribution is -2.48. The highest BCUT2D eigenvalue weighted by Gasteiger charge is 2.36. The minimum atomic E-state index is -1.02. The third-order valence-corrected chi connectivity index (χ3v) is 8.11. The molecule has 33 heavy (non-hydrogen) atoms. The van der Waals surface area contributed by atoms with Crippen LogP contribution in [-0.4, -0.2) is 35.0 Å². The van der Waals surface area contributed by atoms with Crippen molar-refractivity contribution in [3.8, 4) is 5.75 Å². The molecule has 0 amide bonds. The summed E-state index contributed by atoms with van der Waals surface area (Å²) in [5, 5.41) is 16.7. The smallest absolute Gasteiger partial charge is 0.323 e. The van der Waals surface area contributed by atoms with Crippen LogP contribution in [0.5, 0.6) is 5.75 Å². The van der Waals surface area contributed by atoms with E-state index >= 15 is 0 Å². The molecule has 180 valence electrons. The van der Waals surface area contributed by atoms with Crippen LogP contribution < -0.4 is 15.4 Å². The van der Waals surface area contributed by atoms with Crippen LogP contribution in [0.15, 0.2) is 47.4 Å². The summed E-state index contributed by atoms with van der Waals surface area (Å²) in [6.07, 6.45) is 4.58. The van der Waals surface area contributed by atoms with Crippen LogP contribution in [0.25, 0.3) is 0 Å². The highest BCUT2D eigenvalue weighted by atomic mass is 32.2. The Morgan fingerprint density at radius 1 is 1.27 bits per heavy atom. The zero-order valence-electron chi connectivity index (χ0n) is 20.5. The van der Waals surface area contributed by atoms with Crippen molar-refractivity contribution in [2.75, 3.05) is 12.9 Å². The van der Waals surface area contributed by atoms with E-state index in [0.717, 1.165) is 29.9 Å². The SMILES string of the molecule is CCCC[C@]1(CC)CSc2cc(CNC(C)(C)C(=O)O)c(OC)cc2[C@@H](c2ccccc2)N1. The molecule has 5 nitrogen and oxygen atoms in total. The third kappa shape index (κ3) is 5.92. The molecule has 6 heteroatoms. The van der Waals surface area contributed by atoms with Crippen molar-refractivity contribution < 1.29 is 14.6 Å². The average Bonchev–Trinajstić information content (AvgIpc) is 2.98. The van der Waals surface area contributed by atoms with E-state index in [-0.39, 0.29) is 11.6 Å². The topological polar surface area (TPSA) is 70.6 Å². The summed E-state index contributed by atoms with van der Waals surface area (Å²) in [4.78, 5) is 12.8. The zero-order valence-corrected chi connectivity index (χ0v) is 21.3. The summed E-state index contributed by atoms with van der Waals surface area (Å²) in [5.74, 6) is 0.908. The van der Waals surface area contributed by atoms with Gasteiger partial charge in [-0.1, -0.05) is 57.0 Å². The number of aliphatic carboxylic acids is 1. The molecule has 2 atom stereocenters. The monoisotopic (exact) mass is 470 g/mol. The number of fused-ring (bicyclic) bond motifs is 1. The quantitative estimate of drug-likeness (QED) is 0.409. The average molecular weight is 471 g/mol. The van der Waals surface area contributed by atoms with Crippen molar-refractivity contribution in [1.82, 2.24) is 10.6 Å². The van der Waals surface area contributed by atoms with Gasteiger partial charge in [-0.25, -0.2) is 0 Å². The number of carboxylic acid groups (broad SMARTS) is 1. The van der Waals surface area contributed by atoms with E-state index in [2.05, 4.69) is 66.9 Å². The molecule has 1 aliphatic rings. The van der Waals surface area contributed by atoms with Gasteiger partial charge in [0.2, 0.25) is 0 Å². The normalized spacial score (nSPS) is 20.7. The molecule has 0 aliphatic carbocycles. The Morgan fingerprint density at radius 3 is 2.61 bits per heavy atom. The third-order valence-electron chi connectivity index (χ3n) is 6.75. The molecule has 0 spiro atoms. The number of hydrogen-bond donors (Lipinski definition) is 3. The Morgan fingerprint density at radius 2 is 2.00 bits per heavy atom. The highest BCUT2D eigenvalue weighted by molar-refractivity contribution is 7.99. The fraction of sp³-hybridized carbons (Fsp3) is 0.519. The standard InChI is InChI=1S/C27H38N2O3S/c1-6-8-14-27(7-2)18-33-23-15-20(17-28-26(3,4)25(30)31)22(32-5)16-21(23)24(29-27)19-12-10-9-11-13-19/h9-13,15-16,24,28-29H,6-8,14,17-18H2,1-5H3,(H,30,31)/t24-,27-/m1/s1. The molecule has 0 aromatic heterocycles. The van der Waals surface area contributed by atoms with E-state index in [1.54, 1.807) is 21.0 Å². The molecule has 0 bridgehead atoms. The Kier molecular flexibility index (Phi) is 8.48. The lowest BCUT2D eigenvalue weighted by molar-refractivity contribution is -0.143. The first-order valence-electron chi connectivity index (χ1n) is 11.9. The number of methoxy groups -OCH3 is 1. The molecular formula is C27H38N2O3S. The van der Waals surface area contributed by atoms with Gasteiger partial charge in [-0.05, 0) is 49.9 Å². The summed E-state index contributed by atoms with van der Waals surface area (Å²) in [7, 11) is 1.68. The highest BCUT2D eigenvalue weighted by Crippen LogP contribution is 2.43. The maximum absolute atomic E-state index is 11.6. The second kappa shape index (κ2) is 10.9. The molecule has 3 rings (SSSR count). The summed E-state index contributed by atoms with van der Waals surface area (Å²) < 4.78 is 5.78. The number of rotatable bonds is 10. The predicted molar refractivity (Wildman–Crippen MR) is 136 cm³/mol. The molecule has 0 saturated carbocycles.